The number of nitrogen functional groups attached to an aromatic ring is 1. The van der Waals surface area contributed by atoms with Crippen LogP contribution in [-0.4, -0.2) is 16.5 Å². The smallest absolute Gasteiger partial charge is 0.157 e. The molecule has 0 aliphatic carbocycles. The average Bonchev–Trinajstić information content (AvgIpc) is 2.36. The Hall–Kier alpha value is -1.81. The van der Waals surface area contributed by atoms with Crippen LogP contribution < -0.4 is 11.1 Å². The number of anilines is 2. The summed E-state index contributed by atoms with van der Waals surface area (Å²) in [7, 11) is 0. The maximum absolute atomic E-state index is 5.79. The van der Waals surface area contributed by atoms with Gasteiger partial charge in [-0.1, -0.05) is 41.9 Å². The lowest BCUT2D eigenvalue weighted by molar-refractivity contribution is 1.00. The number of rotatable bonds is 4. The summed E-state index contributed by atoms with van der Waals surface area (Å²) in [4.78, 5) is 7.83. The summed E-state index contributed by atoms with van der Waals surface area (Å²) < 4.78 is 0. The molecule has 1 aromatic carbocycles. The number of nitrogens with one attached hydrogen (secondary N) is 1. The summed E-state index contributed by atoms with van der Waals surface area (Å²) >= 11 is 5.79. The molecule has 0 unspecified atom stereocenters. The lowest BCUT2D eigenvalue weighted by Gasteiger charge is -2.08. The molecule has 88 valence electrons. The van der Waals surface area contributed by atoms with E-state index in [-0.39, 0.29) is 5.15 Å². The third-order valence-corrected chi connectivity index (χ3v) is 2.69. The number of hydrogen-bond donors (Lipinski definition) is 2. The molecule has 0 aliphatic rings. The normalized spacial score (nSPS) is 10.2. The highest BCUT2D eigenvalue weighted by molar-refractivity contribution is 6.32. The Bertz CT molecular complexity index is 487. The summed E-state index contributed by atoms with van der Waals surface area (Å²) in [5.74, 6) is 0.584. The van der Waals surface area contributed by atoms with Gasteiger partial charge in [0.2, 0.25) is 0 Å². The second kappa shape index (κ2) is 5.50. The fourth-order valence-electron chi connectivity index (χ4n) is 1.48. The minimum Gasteiger partial charge on any atom is -0.393 e. The minimum absolute atomic E-state index is 0.280. The van der Waals surface area contributed by atoms with Crippen molar-refractivity contribution >= 4 is 23.1 Å². The summed E-state index contributed by atoms with van der Waals surface area (Å²) in [5.41, 5.74) is 7.40. The van der Waals surface area contributed by atoms with Crippen molar-refractivity contribution in [1.29, 1.82) is 0 Å². The lowest BCUT2D eigenvalue weighted by Crippen LogP contribution is -2.09. The van der Waals surface area contributed by atoms with E-state index in [1.54, 1.807) is 0 Å². The van der Waals surface area contributed by atoms with Crippen LogP contribution in [0.25, 0.3) is 0 Å². The van der Waals surface area contributed by atoms with Crippen molar-refractivity contribution in [2.75, 3.05) is 17.6 Å². The van der Waals surface area contributed by atoms with Gasteiger partial charge in [0.1, 0.15) is 12.0 Å². The molecule has 17 heavy (non-hydrogen) atoms. The first kappa shape index (κ1) is 11.7. The second-order valence-corrected chi connectivity index (χ2v) is 3.95. The molecule has 0 saturated carbocycles. The van der Waals surface area contributed by atoms with Crippen LogP contribution in [0.2, 0.25) is 5.15 Å². The minimum atomic E-state index is 0.280. The van der Waals surface area contributed by atoms with Crippen molar-refractivity contribution in [2.45, 2.75) is 6.42 Å². The van der Waals surface area contributed by atoms with Crippen LogP contribution >= 0.6 is 11.6 Å². The number of nitrogens with zero attached hydrogens (tertiary/aromatic N) is 2. The van der Waals surface area contributed by atoms with E-state index in [1.165, 1.54) is 11.9 Å². The van der Waals surface area contributed by atoms with Crippen LogP contribution in [-0.2, 0) is 6.42 Å². The van der Waals surface area contributed by atoms with E-state index in [2.05, 4.69) is 27.4 Å². The first-order valence-electron chi connectivity index (χ1n) is 5.31. The Kier molecular flexibility index (Phi) is 3.77. The van der Waals surface area contributed by atoms with E-state index < -0.39 is 0 Å². The van der Waals surface area contributed by atoms with Gasteiger partial charge >= 0.3 is 0 Å². The molecular formula is C12H13ClN4. The Balaban J connectivity index is 1.93. The van der Waals surface area contributed by atoms with Gasteiger partial charge in [0.15, 0.2) is 11.0 Å². The van der Waals surface area contributed by atoms with Gasteiger partial charge in [0.05, 0.1) is 0 Å². The molecule has 5 heteroatoms. The molecule has 0 saturated heterocycles. The number of halogens is 1. The van der Waals surface area contributed by atoms with Gasteiger partial charge in [0, 0.05) is 6.54 Å². The third kappa shape index (κ3) is 3.07. The standard InChI is InChI=1S/C12H13ClN4/c13-11-10(14)12(17-8-16-11)15-7-6-9-4-2-1-3-5-9/h1-5,8H,6-7,14H2,(H,15,16,17). The van der Waals surface area contributed by atoms with Gasteiger partial charge in [-0.05, 0) is 12.0 Å². The topological polar surface area (TPSA) is 63.8 Å². The van der Waals surface area contributed by atoms with Crippen molar-refractivity contribution in [1.82, 2.24) is 9.97 Å². The summed E-state index contributed by atoms with van der Waals surface area (Å²) in [6.07, 6.45) is 2.30. The summed E-state index contributed by atoms with van der Waals surface area (Å²) in [6, 6.07) is 10.2. The first-order valence-corrected chi connectivity index (χ1v) is 5.69. The fraction of sp³-hybridized carbons (Fsp3) is 0.167. The Morgan fingerprint density at radius 3 is 2.71 bits per heavy atom. The molecule has 1 heterocycles. The first-order chi connectivity index (χ1) is 8.27. The third-order valence-electron chi connectivity index (χ3n) is 2.38. The molecular weight excluding hydrogens is 236 g/mol. The highest BCUT2D eigenvalue weighted by atomic mass is 35.5. The van der Waals surface area contributed by atoms with Crippen LogP contribution in [0.3, 0.4) is 0 Å². The van der Waals surface area contributed by atoms with Crippen molar-refractivity contribution in [3.8, 4) is 0 Å². The lowest BCUT2D eigenvalue weighted by atomic mass is 10.1. The van der Waals surface area contributed by atoms with E-state index in [0.717, 1.165) is 13.0 Å². The van der Waals surface area contributed by atoms with E-state index in [4.69, 9.17) is 17.3 Å². The zero-order chi connectivity index (χ0) is 12.1. The van der Waals surface area contributed by atoms with Crippen LogP contribution in [0.5, 0.6) is 0 Å². The molecule has 2 aromatic rings. The number of benzene rings is 1. The maximum atomic E-state index is 5.79. The second-order valence-electron chi connectivity index (χ2n) is 3.59. The molecule has 0 bridgehead atoms. The van der Waals surface area contributed by atoms with Crippen molar-refractivity contribution in [3.63, 3.8) is 0 Å². The Morgan fingerprint density at radius 1 is 1.18 bits per heavy atom. The van der Waals surface area contributed by atoms with Gasteiger partial charge in [0.25, 0.3) is 0 Å². The molecule has 0 radical (unpaired) electrons. The molecule has 0 spiro atoms. The van der Waals surface area contributed by atoms with E-state index >= 15 is 0 Å². The fourth-order valence-corrected chi connectivity index (χ4v) is 1.62. The van der Waals surface area contributed by atoms with E-state index in [1.807, 2.05) is 18.2 Å². The predicted molar refractivity (Wildman–Crippen MR) is 70.1 cm³/mol. The maximum Gasteiger partial charge on any atom is 0.157 e. The Morgan fingerprint density at radius 2 is 1.94 bits per heavy atom. The molecule has 0 atom stereocenters. The Labute approximate surface area is 105 Å². The number of nitrogens with two attached hydrogens (primary N) is 1. The summed E-state index contributed by atoms with van der Waals surface area (Å²) in [6.45, 7) is 0.752. The monoisotopic (exact) mass is 248 g/mol. The number of hydrogen-bond acceptors (Lipinski definition) is 4. The molecule has 3 N–H and O–H groups in total. The largest absolute Gasteiger partial charge is 0.393 e. The molecule has 1 aromatic heterocycles. The van der Waals surface area contributed by atoms with Crippen molar-refractivity contribution in [2.24, 2.45) is 0 Å². The quantitative estimate of drug-likeness (QED) is 0.816. The molecule has 0 fully saturated rings. The van der Waals surface area contributed by atoms with Gasteiger partial charge in [-0.15, -0.1) is 0 Å². The molecule has 0 aliphatic heterocycles. The summed E-state index contributed by atoms with van der Waals surface area (Å²) in [5, 5.41) is 3.42. The SMILES string of the molecule is Nc1c(Cl)ncnc1NCCc1ccccc1. The van der Waals surface area contributed by atoms with Gasteiger partial charge in [-0.2, -0.15) is 0 Å². The molecule has 0 amide bonds. The predicted octanol–water partition coefficient (Wildman–Crippen LogP) is 2.37. The highest BCUT2D eigenvalue weighted by Gasteiger charge is 2.04. The van der Waals surface area contributed by atoms with Crippen LogP contribution in [0.1, 0.15) is 5.56 Å². The van der Waals surface area contributed by atoms with Gasteiger partial charge in [-0.3, -0.25) is 0 Å². The van der Waals surface area contributed by atoms with E-state index in [0.29, 0.717) is 11.5 Å². The van der Waals surface area contributed by atoms with Gasteiger partial charge in [-0.25, -0.2) is 9.97 Å². The van der Waals surface area contributed by atoms with Crippen molar-refractivity contribution in [3.05, 3.63) is 47.4 Å². The van der Waals surface area contributed by atoms with Crippen molar-refractivity contribution < 1.29 is 0 Å². The molecule has 2 rings (SSSR count). The van der Waals surface area contributed by atoms with Gasteiger partial charge < -0.3 is 11.1 Å². The molecule has 4 nitrogen and oxygen atoms in total. The van der Waals surface area contributed by atoms with E-state index in [9.17, 15) is 0 Å². The highest BCUT2D eigenvalue weighted by Crippen LogP contribution is 2.21. The average molecular weight is 249 g/mol. The zero-order valence-corrected chi connectivity index (χ0v) is 9.98. The van der Waals surface area contributed by atoms with Crippen LogP contribution in [0, 0.1) is 0 Å². The number of aromatic nitrogens is 2. The van der Waals surface area contributed by atoms with Crippen LogP contribution in [0.4, 0.5) is 11.5 Å². The zero-order valence-electron chi connectivity index (χ0n) is 9.23. The van der Waals surface area contributed by atoms with Crippen LogP contribution in [0.15, 0.2) is 36.7 Å².